The first-order valence-electron chi connectivity index (χ1n) is 4.52. The minimum Gasteiger partial charge on any atom is -0.483 e. The molecule has 0 aliphatic rings. The summed E-state index contributed by atoms with van der Waals surface area (Å²) in [5, 5.41) is 2.06. The van der Waals surface area contributed by atoms with E-state index >= 15 is 0 Å². The van der Waals surface area contributed by atoms with Gasteiger partial charge in [0, 0.05) is 0 Å². The monoisotopic (exact) mass is 341 g/mol. The molecule has 0 aliphatic heterocycles. The van der Waals surface area contributed by atoms with Crippen molar-refractivity contribution in [3.05, 3.63) is 27.8 Å². The summed E-state index contributed by atoms with van der Waals surface area (Å²) in [5.74, 6) is 0.00949. The molecular weight excluding hydrogens is 331 g/mol. The summed E-state index contributed by atoms with van der Waals surface area (Å²) < 4.78 is 29.6. The Morgan fingerprint density at radius 2 is 2.12 bits per heavy atom. The third kappa shape index (κ3) is 4.73. The van der Waals surface area contributed by atoms with Gasteiger partial charge in [0.15, 0.2) is 6.61 Å². The predicted molar refractivity (Wildman–Crippen MR) is 63.7 cm³/mol. The number of rotatable bonds is 5. The Hall–Kier alpha value is -0.920. The van der Waals surface area contributed by atoms with Crippen LogP contribution in [0.5, 0.6) is 5.75 Å². The second-order valence-electron chi connectivity index (χ2n) is 2.91. The molecule has 0 saturated heterocycles. The van der Waals surface area contributed by atoms with Crippen molar-refractivity contribution in [3.63, 3.8) is 0 Å². The van der Waals surface area contributed by atoms with Gasteiger partial charge in [0.05, 0.1) is 10.1 Å². The van der Waals surface area contributed by atoms with Crippen LogP contribution < -0.4 is 10.1 Å². The van der Waals surface area contributed by atoms with E-state index in [0.29, 0.717) is 5.75 Å². The molecule has 0 unspecified atom stereocenters. The highest BCUT2D eigenvalue weighted by Gasteiger charge is 2.07. The van der Waals surface area contributed by atoms with Crippen molar-refractivity contribution in [1.29, 1.82) is 0 Å². The molecule has 6 heteroatoms. The van der Waals surface area contributed by atoms with Gasteiger partial charge in [0.1, 0.15) is 5.75 Å². The molecular formula is C10H10F2INO2. The van der Waals surface area contributed by atoms with Crippen molar-refractivity contribution in [2.45, 2.75) is 6.43 Å². The van der Waals surface area contributed by atoms with Crippen LogP contribution in [0, 0.1) is 3.57 Å². The molecule has 1 aromatic rings. The van der Waals surface area contributed by atoms with Crippen LogP contribution in [-0.4, -0.2) is 25.5 Å². The van der Waals surface area contributed by atoms with Crippen LogP contribution >= 0.6 is 22.6 Å². The Morgan fingerprint density at radius 3 is 2.75 bits per heavy atom. The lowest BCUT2D eigenvalue weighted by molar-refractivity contribution is -0.123. The number of carbonyl (C=O) groups is 1. The van der Waals surface area contributed by atoms with Gasteiger partial charge in [-0.05, 0) is 34.7 Å². The summed E-state index contributed by atoms with van der Waals surface area (Å²) >= 11 is 2.06. The average Bonchev–Trinajstić information content (AvgIpc) is 2.25. The third-order valence-electron chi connectivity index (χ3n) is 1.65. The molecule has 0 fully saturated rings. The summed E-state index contributed by atoms with van der Waals surface area (Å²) in [6.07, 6.45) is -2.54. The lowest BCUT2D eigenvalue weighted by Gasteiger charge is -2.08. The van der Waals surface area contributed by atoms with Crippen molar-refractivity contribution in [2.24, 2.45) is 0 Å². The zero-order valence-electron chi connectivity index (χ0n) is 8.25. The SMILES string of the molecule is O=C(COc1ccccc1I)NCC(F)F. The molecule has 0 atom stereocenters. The molecule has 0 bridgehead atoms. The highest BCUT2D eigenvalue weighted by Crippen LogP contribution is 2.19. The van der Waals surface area contributed by atoms with Crippen molar-refractivity contribution in [3.8, 4) is 5.75 Å². The van der Waals surface area contributed by atoms with Gasteiger partial charge in [-0.2, -0.15) is 0 Å². The molecule has 3 nitrogen and oxygen atoms in total. The maximum absolute atomic E-state index is 11.8. The average molecular weight is 341 g/mol. The van der Waals surface area contributed by atoms with E-state index in [0.717, 1.165) is 3.57 Å². The molecule has 0 aromatic heterocycles. The van der Waals surface area contributed by atoms with E-state index in [1.165, 1.54) is 0 Å². The lowest BCUT2D eigenvalue weighted by Crippen LogP contribution is -2.32. The largest absolute Gasteiger partial charge is 0.483 e. The van der Waals surface area contributed by atoms with Crippen LogP contribution in [-0.2, 0) is 4.79 Å². The molecule has 0 saturated carbocycles. The summed E-state index contributed by atoms with van der Waals surface area (Å²) in [4.78, 5) is 11.1. The second-order valence-corrected chi connectivity index (χ2v) is 4.08. The van der Waals surface area contributed by atoms with Gasteiger partial charge in [-0.15, -0.1) is 0 Å². The topological polar surface area (TPSA) is 38.3 Å². The Morgan fingerprint density at radius 1 is 1.44 bits per heavy atom. The number of alkyl halides is 2. The molecule has 16 heavy (non-hydrogen) atoms. The first kappa shape index (κ1) is 13.1. The van der Waals surface area contributed by atoms with E-state index in [1.807, 2.05) is 12.1 Å². The number of ether oxygens (including phenoxy) is 1. The van der Waals surface area contributed by atoms with Gasteiger partial charge in [-0.25, -0.2) is 8.78 Å². The number of para-hydroxylation sites is 1. The third-order valence-corrected chi connectivity index (χ3v) is 2.54. The van der Waals surface area contributed by atoms with Crippen LogP contribution in [0.25, 0.3) is 0 Å². The summed E-state index contributed by atoms with van der Waals surface area (Å²) in [5.41, 5.74) is 0. The van der Waals surface area contributed by atoms with Crippen LogP contribution in [0.1, 0.15) is 0 Å². The Bertz CT molecular complexity index is 360. The van der Waals surface area contributed by atoms with E-state index in [1.54, 1.807) is 12.1 Å². The zero-order chi connectivity index (χ0) is 12.0. The van der Waals surface area contributed by atoms with Crippen LogP contribution in [0.15, 0.2) is 24.3 Å². The molecule has 1 N–H and O–H groups in total. The van der Waals surface area contributed by atoms with E-state index in [9.17, 15) is 13.6 Å². The standard InChI is InChI=1S/C10H10F2INO2/c11-9(12)5-14-10(15)6-16-8-4-2-1-3-7(8)13/h1-4,9H,5-6H2,(H,14,15). The van der Waals surface area contributed by atoms with Gasteiger partial charge in [0.2, 0.25) is 0 Å². The van der Waals surface area contributed by atoms with Crippen molar-refractivity contribution < 1.29 is 18.3 Å². The van der Waals surface area contributed by atoms with Gasteiger partial charge in [-0.3, -0.25) is 4.79 Å². The number of benzene rings is 1. The number of amides is 1. The number of hydrogen-bond acceptors (Lipinski definition) is 2. The summed E-state index contributed by atoms with van der Waals surface area (Å²) in [7, 11) is 0. The smallest absolute Gasteiger partial charge is 0.258 e. The number of halogens is 3. The van der Waals surface area contributed by atoms with E-state index in [4.69, 9.17) is 4.74 Å². The predicted octanol–water partition coefficient (Wildman–Crippen LogP) is 2.05. The summed E-state index contributed by atoms with van der Waals surface area (Å²) in [6, 6.07) is 7.15. The van der Waals surface area contributed by atoms with E-state index in [-0.39, 0.29) is 6.61 Å². The lowest BCUT2D eigenvalue weighted by atomic mass is 10.3. The van der Waals surface area contributed by atoms with E-state index < -0.39 is 18.9 Å². The fourth-order valence-electron chi connectivity index (χ4n) is 0.947. The van der Waals surface area contributed by atoms with E-state index in [2.05, 4.69) is 27.9 Å². The molecule has 1 amide bonds. The Kier molecular flexibility index (Phi) is 5.44. The fraction of sp³-hybridized carbons (Fsp3) is 0.300. The van der Waals surface area contributed by atoms with Crippen LogP contribution in [0.2, 0.25) is 0 Å². The quantitative estimate of drug-likeness (QED) is 0.833. The van der Waals surface area contributed by atoms with Crippen LogP contribution in [0.3, 0.4) is 0 Å². The molecule has 1 aromatic carbocycles. The van der Waals surface area contributed by atoms with Crippen LogP contribution in [0.4, 0.5) is 8.78 Å². The van der Waals surface area contributed by atoms with Gasteiger partial charge in [-0.1, -0.05) is 12.1 Å². The fourth-order valence-corrected chi connectivity index (χ4v) is 1.49. The zero-order valence-corrected chi connectivity index (χ0v) is 10.4. The van der Waals surface area contributed by atoms with Crippen molar-refractivity contribution in [1.82, 2.24) is 5.32 Å². The number of nitrogens with one attached hydrogen (secondary N) is 1. The minimum absolute atomic E-state index is 0.257. The molecule has 0 heterocycles. The second kappa shape index (κ2) is 6.62. The Balaban J connectivity index is 2.35. The molecule has 0 spiro atoms. The molecule has 0 aliphatic carbocycles. The maximum atomic E-state index is 11.8. The normalized spacial score (nSPS) is 10.2. The number of hydrogen-bond donors (Lipinski definition) is 1. The van der Waals surface area contributed by atoms with Gasteiger partial charge < -0.3 is 10.1 Å². The molecule has 1 rings (SSSR count). The van der Waals surface area contributed by atoms with Gasteiger partial charge in [0.25, 0.3) is 12.3 Å². The molecule has 0 radical (unpaired) electrons. The highest BCUT2D eigenvalue weighted by atomic mass is 127. The molecule has 88 valence electrons. The van der Waals surface area contributed by atoms with Gasteiger partial charge >= 0.3 is 0 Å². The first-order chi connectivity index (χ1) is 7.59. The number of carbonyl (C=O) groups excluding carboxylic acids is 1. The van der Waals surface area contributed by atoms with Crippen molar-refractivity contribution >= 4 is 28.5 Å². The minimum atomic E-state index is -2.54. The summed E-state index contributed by atoms with van der Waals surface area (Å²) in [6.45, 7) is -0.902. The Labute approximate surface area is 105 Å². The highest BCUT2D eigenvalue weighted by molar-refractivity contribution is 14.1. The maximum Gasteiger partial charge on any atom is 0.258 e. The van der Waals surface area contributed by atoms with Crippen molar-refractivity contribution in [2.75, 3.05) is 13.2 Å². The first-order valence-corrected chi connectivity index (χ1v) is 5.59.